The zero-order chi connectivity index (χ0) is 13.5. The second kappa shape index (κ2) is 4.51. The number of nitrogen functional groups attached to an aromatic ring is 1. The highest BCUT2D eigenvalue weighted by Crippen LogP contribution is 2.41. The highest BCUT2D eigenvalue weighted by Gasteiger charge is 2.27. The summed E-state index contributed by atoms with van der Waals surface area (Å²) >= 11 is 0. The van der Waals surface area contributed by atoms with Crippen molar-refractivity contribution in [1.29, 1.82) is 0 Å². The molecule has 0 atom stereocenters. The molecule has 2 N–H and O–H groups in total. The summed E-state index contributed by atoms with van der Waals surface area (Å²) in [4.78, 5) is 2.36. The summed E-state index contributed by atoms with van der Waals surface area (Å²) in [6, 6.07) is 3.92. The van der Waals surface area contributed by atoms with Gasteiger partial charge in [0, 0.05) is 25.2 Å². The number of hydrogen-bond acceptors (Lipinski definition) is 4. The minimum absolute atomic E-state index is 0.444. The van der Waals surface area contributed by atoms with Crippen LogP contribution in [0.25, 0.3) is 0 Å². The van der Waals surface area contributed by atoms with Crippen LogP contribution in [0.4, 0.5) is 11.4 Å². The van der Waals surface area contributed by atoms with Crippen LogP contribution in [0.1, 0.15) is 26.7 Å². The van der Waals surface area contributed by atoms with Crippen LogP contribution < -0.4 is 20.1 Å². The standard InChI is InChI=1S/C15H22N2O2/c1-15(2)3-5-17(6-4-15)12-10-14-13(9-11(12)16)18-7-8-19-14/h9-10H,3-8,16H2,1-2H3. The van der Waals surface area contributed by atoms with E-state index in [1.807, 2.05) is 12.1 Å². The number of rotatable bonds is 1. The fourth-order valence-electron chi connectivity index (χ4n) is 2.72. The Labute approximate surface area is 114 Å². The quantitative estimate of drug-likeness (QED) is 0.790. The molecule has 0 aromatic heterocycles. The average molecular weight is 262 g/mol. The van der Waals surface area contributed by atoms with Crippen molar-refractivity contribution in [1.82, 2.24) is 0 Å². The van der Waals surface area contributed by atoms with Gasteiger partial charge >= 0.3 is 0 Å². The second-order valence-corrected chi connectivity index (χ2v) is 6.21. The number of nitrogens with zero attached hydrogens (tertiary/aromatic N) is 1. The Bertz CT molecular complexity index is 475. The molecule has 0 amide bonds. The summed E-state index contributed by atoms with van der Waals surface area (Å²) < 4.78 is 11.2. The van der Waals surface area contributed by atoms with Crippen LogP contribution in [0.2, 0.25) is 0 Å². The molecule has 0 radical (unpaired) electrons. The smallest absolute Gasteiger partial charge is 0.163 e. The highest BCUT2D eigenvalue weighted by molar-refractivity contribution is 5.73. The largest absolute Gasteiger partial charge is 0.486 e. The molecule has 4 nitrogen and oxygen atoms in total. The number of benzene rings is 1. The fourth-order valence-corrected chi connectivity index (χ4v) is 2.72. The van der Waals surface area contributed by atoms with Gasteiger partial charge < -0.3 is 20.1 Å². The summed E-state index contributed by atoms with van der Waals surface area (Å²) in [5.74, 6) is 1.59. The summed E-state index contributed by atoms with van der Waals surface area (Å²) in [5, 5.41) is 0. The van der Waals surface area contributed by atoms with Crippen LogP contribution in [0.3, 0.4) is 0 Å². The molecule has 3 rings (SSSR count). The van der Waals surface area contributed by atoms with Crippen molar-refractivity contribution in [3.05, 3.63) is 12.1 Å². The number of piperidine rings is 1. The van der Waals surface area contributed by atoms with E-state index < -0.39 is 0 Å². The first-order chi connectivity index (χ1) is 9.05. The first kappa shape index (κ1) is 12.5. The third-order valence-electron chi connectivity index (χ3n) is 4.15. The molecular formula is C15H22N2O2. The lowest BCUT2D eigenvalue weighted by Gasteiger charge is -2.39. The Hall–Kier alpha value is -1.58. The Kier molecular flexibility index (Phi) is 2.96. The zero-order valence-electron chi connectivity index (χ0n) is 11.7. The van der Waals surface area contributed by atoms with Crippen LogP contribution in [-0.4, -0.2) is 26.3 Å². The molecule has 1 aromatic carbocycles. The van der Waals surface area contributed by atoms with Gasteiger partial charge in [-0.05, 0) is 18.3 Å². The minimum Gasteiger partial charge on any atom is -0.486 e. The van der Waals surface area contributed by atoms with Crippen LogP contribution >= 0.6 is 0 Å². The lowest BCUT2D eigenvalue weighted by Crippen LogP contribution is -2.37. The number of fused-ring (bicyclic) bond motifs is 1. The summed E-state index contributed by atoms with van der Waals surface area (Å²) in [5.41, 5.74) is 8.47. The lowest BCUT2D eigenvalue weighted by molar-refractivity contribution is 0.171. The predicted octanol–water partition coefficient (Wildman–Crippen LogP) is 2.67. The first-order valence-electron chi connectivity index (χ1n) is 6.99. The maximum absolute atomic E-state index is 6.17. The molecule has 0 saturated carbocycles. The number of ether oxygens (including phenoxy) is 2. The maximum atomic E-state index is 6.17. The van der Waals surface area contributed by atoms with Gasteiger partial charge in [0.05, 0.1) is 11.4 Å². The van der Waals surface area contributed by atoms with Gasteiger partial charge in [-0.2, -0.15) is 0 Å². The molecule has 19 heavy (non-hydrogen) atoms. The number of hydrogen-bond donors (Lipinski definition) is 1. The van der Waals surface area contributed by atoms with Crippen molar-refractivity contribution in [2.75, 3.05) is 36.9 Å². The predicted molar refractivity (Wildman–Crippen MR) is 77.1 cm³/mol. The van der Waals surface area contributed by atoms with Crippen molar-refractivity contribution in [3.8, 4) is 11.5 Å². The molecule has 0 bridgehead atoms. The van der Waals surface area contributed by atoms with Gasteiger partial charge in [0.25, 0.3) is 0 Å². The summed E-state index contributed by atoms with van der Waals surface area (Å²) in [6.07, 6.45) is 2.39. The van der Waals surface area contributed by atoms with E-state index in [0.717, 1.165) is 36.0 Å². The molecule has 1 aromatic rings. The topological polar surface area (TPSA) is 47.7 Å². The van der Waals surface area contributed by atoms with Crippen molar-refractivity contribution in [2.24, 2.45) is 5.41 Å². The van der Waals surface area contributed by atoms with Crippen molar-refractivity contribution in [2.45, 2.75) is 26.7 Å². The van der Waals surface area contributed by atoms with Crippen LogP contribution in [0.15, 0.2) is 12.1 Å². The van der Waals surface area contributed by atoms with E-state index >= 15 is 0 Å². The Morgan fingerprint density at radius 2 is 1.63 bits per heavy atom. The van der Waals surface area contributed by atoms with E-state index in [1.54, 1.807) is 0 Å². The summed E-state index contributed by atoms with van der Waals surface area (Å²) in [7, 11) is 0. The van der Waals surface area contributed by atoms with Crippen LogP contribution in [0.5, 0.6) is 11.5 Å². The van der Waals surface area contributed by atoms with Gasteiger partial charge in [-0.3, -0.25) is 0 Å². The first-order valence-corrected chi connectivity index (χ1v) is 6.99. The normalized spacial score (nSPS) is 21.3. The Balaban J connectivity index is 1.85. The van der Waals surface area contributed by atoms with Gasteiger partial charge in [-0.1, -0.05) is 13.8 Å². The lowest BCUT2D eigenvalue weighted by atomic mass is 9.82. The SMILES string of the molecule is CC1(C)CCN(c2cc3c(cc2N)OCCO3)CC1. The third-order valence-corrected chi connectivity index (χ3v) is 4.15. The molecule has 2 aliphatic rings. The van der Waals surface area contributed by atoms with E-state index in [9.17, 15) is 0 Å². The van der Waals surface area contributed by atoms with E-state index in [0.29, 0.717) is 18.6 Å². The van der Waals surface area contributed by atoms with Crippen molar-refractivity contribution < 1.29 is 9.47 Å². The third kappa shape index (κ3) is 2.44. The van der Waals surface area contributed by atoms with Crippen LogP contribution in [0, 0.1) is 5.41 Å². The molecule has 1 saturated heterocycles. The Morgan fingerprint density at radius 1 is 1.05 bits per heavy atom. The molecule has 104 valence electrons. The molecule has 4 heteroatoms. The number of nitrogens with two attached hydrogens (primary N) is 1. The molecule has 2 aliphatic heterocycles. The highest BCUT2D eigenvalue weighted by atomic mass is 16.6. The van der Waals surface area contributed by atoms with E-state index in [-0.39, 0.29) is 0 Å². The van der Waals surface area contributed by atoms with Gasteiger partial charge in [-0.15, -0.1) is 0 Å². The van der Waals surface area contributed by atoms with E-state index in [2.05, 4.69) is 18.7 Å². The van der Waals surface area contributed by atoms with Crippen molar-refractivity contribution >= 4 is 11.4 Å². The van der Waals surface area contributed by atoms with E-state index in [1.165, 1.54) is 12.8 Å². The van der Waals surface area contributed by atoms with E-state index in [4.69, 9.17) is 15.2 Å². The molecular weight excluding hydrogens is 240 g/mol. The van der Waals surface area contributed by atoms with Crippen LogP contribution in [-0.2, 0) is 0 Å². The minimum atomic E-state index is 0.444. The molecule has 0 aliphatic carbocycles. The Morgan fingerprint density at radius 3 is 2.26 bits per heavy atom. The number of anilines is 2. The average Bonchev–Trinajstić information content (AvgIpc) is 2.38. The second-order valence-electron chi connectivity index (χ2n) is 6.21. The summed E-state index contributed by atoms with van der Waals surface area (Å²) in [6.45, 7) is 7.98. The zero-order valence-corrected chi connectivity index (χ0v) is 11.7. The van der Waals surface area contributed by atoms with Crippen molar-refractivity contribution in [3.63, 3.8) is 0 Å². The van der Waals surface area contributed by atoms with Gasteiger partial charge in [0.15, 0.2) is 11.5 Å². The molecule has 2 heterocycles. The molecule has 1 fully saturated rings. The monoisotopic (exact) mass is 262 g/mol. The molecule has 0 unspecified atom stereocenters. The fraction of sp³-hybridized carbons (Fsp3) is 0.600. The van der Waals surface area contributed by atoms with Gasteiger partial charge in [0.2, 0.25) is 0 Å². The molecule has 0 spiro atoms. The van der Waals surface area contributed by atoms with Gasteiger partial charge in [-0.25, -0.2) is 0 Å². The maximum Gasteiger partial charge on any atom is 0.163 e. The van der Waals surface area contributed by atoms with Gasteiger partial charge in [0.1, 0.15) is 13.2 Å².